The van der Waals surface area contributed by atoms with E-state index in [-0.39, 0.29) is 20.4 Å². The molecule has 2 nitrogen and oxygen atoms in total. The zero-order chi connectivity index (χ0) is 6.85. The Bertz CT molecular complexity index is 227. The van der Waals surface area contributed by atoms with Gasteiger partial charge < -0.3 is 11.5 Å². The molecule has 3 N–H and O–H groups in total. The molecule has 1 aromatic rings. The van der Waals surface area contributed by atoms with Crippen LogP contribution < -0.4 is 5.73 Å². The molecule has 0 unspecified atom stereocenters. The maximum atomic E-state index is 7.13. The zero-order valence-electron chi connectivity index (χ0n) is 5.07. The van der Waals surface area contributed by atoms with Gasteiger partial charge in [0.15, 0.2) is 0 Å². The molecule has 0 aliphatic carbocycles. The third-order valence-electron chi connectivity index (χ3n) is 0.993. The summed E-state index contributed by atoms with van der Waals surface area (Å²) in [5.74, 6) is 0. The summed E-state index contributed by atoms with van der Waals surface area (Å²) in [6.45, 7) is 0. The van der Waals surface area contributed by atoms with Crippen molar-refractivity contribution >= 4 is 23.0 Å². The van der Waals surface area contributed by atoms with Gasteiger partial charge in [-0.2, -0.15) is 0 Å². The van der Waals surface area contributed by atoms with E-state index in [1.807, 2.05) is 0 Å². The third-order valence-corrected chi connectivity index (χ3v) is 1.31. The minimum Gasteiger partial charge on any atom is -0.698 e. The van der Waals surface area contributed by atoms with Crippen molar-refractivity contribution in [3.63, 3.8) is 0 Å². The number of rotatable bonds is 0. The van der Waals surface area contributed by atoms with E-state index in [9.17, 15) is 0 Å². The molecule has 0 heterocycles. The van der Waals surface area contributed by atoms with Crippen LogP contribution in [0.3, 0.4) is 0 Å². The summed E-state index contributed by atoms with van der Waals surface area (Å²) in [5.41, 5.74) is 13.4. The summed E-state index contributed by atoms with van der Waals surface area (Å²) in [6, 6.07) is 4.77. The van der Waals surface area contributed by atoms with Gasteiger partial charge in [0.2, 0.25) is 0 Å². The molecule has 0 aliphatic rings. The maximum Gasteiger partial charge on any atom is 0.0328 e. The van der Waals surface area contributed by atoms with Gasteiger partial charge in [0.05, 0.1) is 0 Å². The van der Waals surface area contributed by atoms with Gasteiger partial charge in [0, 0.05) is 31.1 Å². The molecule has 0 spiro atoms. The molecule has 1 radical (unpaired) electrons. The van der Waals surface area contributed by atoms with Gasteiger partial charge in [0.1, 0.15) is 0 Å². The molecular formula is C6H6ClN2Re-. The van der Waals surface area contributed by atoms with Gasteiger partial charge in [-0.05, 0) is 12.1 Å². The topological polar surface area (TPSA) is 49.8 Å². The van der Waals surface area contributed by atoms with Crippen LogP contribution in [0, 0.1) is 0 Å². The normalized spacial score (nSPS) is 8.50. The molecule has 0 saturated carbocycles. The van der Waals surface area contributed by atoms with Crippen molar-refractivity contribution in [2.24, 2.45) is 0 Å². The van der Waals surface area contributed by atoms with Crippen molar-refractivity contribution in [1.82, 2.24) is 0 Å². The minimum atomic E-state index is 0. The number of nitrogens with two attached hydrogens (primary N) is 1. The SMILES string of the molecule is [NH-]c1ccc(N)cc1Cl.[Re]. The van der Waals surface area contributed by atoms with Crippen molar-refractivity contribution in [3.05, 3.63) is 29.0 Å². The van der Waals surface area contributed by atoms with Gasteiger partial charge in [-0.1, -0.05) is 17.7 Å². The molecule has 0 bridgehead atoms. The molecule has 0 amide bonds. The Morgan fingerprint density at radius 2 is 2.00 bits per heavy atom. The Morgan fingerprint density at radius 3 is 2.40 bits per heavy atom. The van der Waals surface area contributed by atoms with Crippen molar-refractivity contribution in [2.75, 3.05) is 5.73 Å². The van der Waals surface area contributed by atoms with E-state index >= 15 is 0 Å². The number of halogens is 1. The quantitative estimate of drug-likeness (QED) is 0.732. The van der Waals surface area contributed by atoms with Crippen LogP contribution >= 0.6 is 11.6 Å². The standard InChI is InChI=1S/C6H6ClN2.Re/c7-5-3-4(8)1-2-6(5)9;/h1-3,9H,8H2;/q-1;. The Hall–Kier alpha value is -0.228. The number of anilines is 1. The Morgan fingerprint density at radius 1 is 1.40 bits per heavy atom. The fourth-order valence-corrected chi connectivity index (χ4v) is 0.720. The molecular weight excluding hydrogens is 322 g/mol. The molecule has 1 rings (SSSR count). The van der Waals surface area contributed by atoms with Crippen LogP contribution in [0.4, 0.5) is 11.4 Å². The molecule has 0 aliphatic heterocycles. The molecule has 0 fully saturated rings. The second-order valence-electron chi connectivity index (χ2n) is 1.74. The van der Waals surface area contributed by atoms with Crippen LogP contribution in [-0.4, -0.2) is 0 Å². The van der Waals surface area contributed by atoms with Gasteiger partial charge >= 0.3 is 0 Å². The average molecular weight is 328 g/mol. The summed E-state index contributed by atoms with van der Waals surface area (Å²) in [7, 11) is 0. The van der Waals surface area contributed by atoms with Crippen LogP contribution in [0.5, 0.6) is 0 Å². The first kappa shape index (κ1) is 9.77. The van der Waals surface area contributed by atoms with Crippen LogP contribution in [-0.2, 0) is 20.4 Å². The number of hydrogen-bond donors (Lipinski definition) is 1. The summed E-state index contributed by atoms with van der Waals surface area (Å²) in [6.07, 6.45) is 0. The predicted octanol–water partition coefficient (Wildman–Crippen LogP) is 2.60. The molecule has 4 heteroatoms. The second-order valence-corrected chi connectivity index (χ2v) is 2.15. The van der Waals surface area contributed by atoms with E-state index in [0.29, 0.717) is 16.4 Å². The van der Waals surface area contributed by atoms with E-state index < -0.39 is 0 Å². The fraction of sp³-hybridized carbons (Fsp3) is 0. The fourth-order valence-electron chi connectivity index (χ4n) is 0.531. The van der Waals surface area contributed by atoms with Gasteiger partial charge in [-0.3, -0.25) is 0 Å². The van der Waals surface area contributed by atoms with Gasteiger partial charge in [-0.25, -0.2) is 0 Å². The van der Waals surface area contributed by atoms with Crippen molar-refractivity contribution < 1.29 is 20.4 Å². The summed E-state index contributed by atoms with van der Waals surface area (Å²) < 4.78 is 0. The molecule has 0 atom stereocenters. The van der Waals surface area contributed by atoms with Crippen LogP contribution in [0.25, 0.3) is 5.73 Å². The summed E-state index contributed by atoms with van der Waals surface area (Å²) in [5, 5.41) is 0.398. The van der Waals surface area contributed by atoms with Gasteiger partial charge in [-0.15, -0.1) is 5.69 Å². The molecule has 1 aromatic carbocycles. The number of nitrogen functional groups attached to an aromatic ring is 1. The third kappa shape index (κ3) is 2.19. The van der Waals surface area contributed by atoms with Crippen LogP contribution in [0.2, 0.25) is 5.02 Å². The Labute approximate surface area is 78.2 Å². The van der Waals surface area contributed by atoms with E-state index in [2.05, 4.69) is 0 Å². The molecule has 0 saturated heterocycles. The summed E-state index contributed by atoms with van der Waals surface area (Å²) in [4.78, 5) is 0. The van der Waals surface area contributed by atoms with Crippen molar-refractivity contribution in [1.29, 1.82) is 0 Å². The predicted molar refractivity (Wildman–Crippen MR) is 39.8 cm³/mol. The number of benzene rings is 1. The van der Waals surface area contributed by atoms with E-state index in [1.54, 1.807) is 18.2 Å². The number of hydrogen-bond acceptors (Lipinski definition) is 1. The van der Waals surface area contributed by atoms with Gasteiger partial charge in [0.25, 0.3) is 0 Å². The van der Waals surface area contributed by atoms with Crippen molar-refractivity contribution in [2.45, 2.75) is 0 Å². The first-order valence-corrected chi connectivity index (χ1v) is 2.84. The average Bonchev–Trinajstić information content (AvgIpc) is 1.80. The second kappa shape index (κ2) is 3.82. The first-order valence-electron chi connectivity index (χ1n) is 2.47. The smallest absolute Gasteiger partial charge is 0.0328 e. The largest absolute Gasteiger partial charge is 0.698 e. The molecule has 55 valence electrons. The first-order chi connectivity index (χ1) is 4.20. The maximum absolute atomic E-state index is 7.13. The Kier molecular flexibility index (Phi) is 3.74. The molecule has 0 aromatic heterocycles. The zero-order valence-corrected chi connectivity index (χ0v) is 8.54. The molecule has 10 heavy (non-hydrogen) atoms. The van der Waals surface area contributed by atoms with E-state index in [4.69, 9.17) is 23.1 Å². The van der Waals surface area contributed by atoms with Crippen LogP contribution in [0.1, 0.15) is 0 Å². The monoisotopic (exact) mass is 328 g/mol. The number of nitrogens with one attached hydrogen (secondary N) is 1. The van der Waals surface area contributed by atoms with E-state index in [0.717, 1.165) is 0 Å². The van der Waals surface area contributed by atoms with Crippen molar-refractivity contribution in [3.8, 4) is 0 Å². The minimum absolute atomic E-state index is 0. The van der Waals surface area contributed by atoms with E-state index in [1.165, 1.54) is 0 Å². The van der Waals surface area contributed by atoms with Crippen LogP contribution in [0.15, 0.2) is 18.2 Å². The Balaban J connectivity index is 0.000000810. The summed E-state index contributed by atoms with van der Waals surface area (Å²) >= 11 is 5.55.